The van der Waals surface area contributed by atoms with Crippen molar-refractivity contribution in [2.24, 2.45) is 0 Å². The van der Waals surface area contributed by atoms with Crippen molar-refractivity contribution in [1.82, 2.24) is 0 Å². The van der Waals surface area contributed by atoms with E-state index in [1.807, 2.05) is 0 Å². The van der Waals surface area contributed by atoms with Crippen molar-refractivity contribution in [3.05, 3.63) is 0 Å². The third kappa shape index (κ3) is 2.67. The summed E-state index contributed by atoms with van der Waals surface area (Å²) in [5, 5.41) is 8.65. The fourth-order valence-electron chi connectivity index (χ4n) is 0.133. The Morgan fingerprint density at radius 1 is 1.86 bits per heavy atom. The van der Waals surface area contributed by atoms with Crippen LogP contribution in [0, 0.1) is 12.3 Å². The first kappa shape index (κ1) is 7.00. The molecule has 0 aliphatic heterocycles. The topological polar surface area (TPSA) is 20.2 Å². The highest BCUT2D eigenvalue weighted by atomic mass is 79.9. The number of rotatable bonds is 1. The molecule has 0 aliphatic carbocycles. The van der Waals surface area contributed by atoms with E-state index in [1.165, 1.54) is 0 Å². The first-order chi connectivity index (χ1) is 3.18. The van der Waals surface area contributed by atoms with Gasteiger partial charge in [-0.1, -0.05) is 21.9 Å². The number of terminal acetylenes is 1. The molecule has 1 N–H and O–H groups in total. The molecule has 0 aromatic heterocycles. The van der Waals surface area contributed by atoms with Crippen molar-refractivity contribution in [1.29, 1.82) is 0 Å². The molecule has 0 aromatic rings. The molecule has 0 saturated heterocycles. The fraction of sp³-hybridized carbons (Fsp3) is 0.600. The molecule has 0 spiro atoms. The van der Waals surface area contributed by atoms with Crippen molar-refractivity contribution in [2.75, 3.05) is 0 Å². The first-order valence-electron chi connectivity index (χ1n) is 1.96. The summed E-state index contributed by atoms with van der Waals surface area (Å²) in [6, 6.07) is 0. The highest BCUT2D eigenvalue weighted by Crippen LogP contribution is 2.01. The van der Waals surface area contributed by atoms with Crippen LogP contribution < -0.4 is 0 Å². The highest BCUT2D eigenvalue weighted by Gasteiger charge is 2.03. The Kier molecular flexibility index (Phi) is 3.06. The second kappa shape index (κ2) is 3.06. The Labute approximate surface area is 51.9 Å². The average molecular weight is 163 g/mol. The Morgan fingerprint density at radius 2 is 2.29 bits per heavy atom. The molecule has 0 aliphatic rings. The number of hydrogen-bond acceptors (Lipinski definition) is 1. The summed E-state index contributed by atoms with van der Waals surface area (Å²) in [5.74, 6) is 2.17. The van der Waals surface area contributed by atoms with Gasteiger partial charge in [0.25, 0.3) is 0 Å². The van der Waals surface area contributed by atoms with Crippen molar-refractivity contribution >= 4 is 15.9 Å². The molecule has 0 bridgehead atoms. The highest BCUT2D eigenvalue weighted by molar-refractivity contribution is 9.09. The third-order valence-corrected chi connectivity index (χ3v) is 1.11. The van der Waals surface area contributed by atoms with Gasteiger partial charge in [0.2, 0.25) is 0 Å². The van der Waals surface area contributed by atoms with E-state index in [9.17, 15) is 0 Å². The molecule has 1 nitrogen and oxygen atoms in total. The lowest BCUT2D eigenvalue weighted by Gasteiger charge is -2.01. The van der Waals surface area contributed by atoms with E-state index < -0.39 is 6.10 Å². The third-order valence-electron chi connectivity index (χ3n) is 0.606. The molecule has 0 saturated carbocycles. The predicted octanol–water partition coefficient (Wildman–Crippen LogP) is 0.764. The first-order valence-corrected chi connectivity index (χ1v) is 2.88. The minimum Gasteiger partial charge on any atom is -0.379 e. The molecule has 0 amide bonds. The SMILES string of the molecule is C#C[C@@H](O)[C@@H](C)Br. The summed E-state index contributed by atoms with van der Waals surface area (Å²) >= 11 is 3.11. The maximum Gasteiger partial charge on any atom is 0.126 e. The number of alkyl halides is 1. The minimum atomic E-state index is -0.653. The second-order valence-corrected chi connectivity index (χ2v) is 2.73. The standard InChI is InChI=1S/C5H7BrO/c1-3-5(7)4(2)6/h1,4-5,7H,2H3/t4-,5-/m1/s1. The van der Waals surface area contributed by atoms with E-state index in [-0.39, 0.29) is 4.83 Å². The van der Waals surface area contributed by atoms with Gasteiger partial charge in [-0.15, -0.1) is 6.42 Å². The van der Waals surface area contributed by atoms with Gasteiger partial charge in [-0.2, -0.15) is 0 Å². The normalized spacial score (nSPS) is 17.4. The van der Waals surface area contributed by atoms with Crippen molar-refractivity contribution < 1.29 is 5.11 Å². The number of hydrogen-bond donors (Lipinski definition) is 1. The monoisotopic (exact) mass is 162 g/mol. The number of aliphatic hydroxyl groups is 1. The zero-order chi connectivity index (χ0) is 5.86. The van der Waals surface area contributed by atoms with Gasteiger partial charge in [0.1, 0.15) is 6.10 Å². The van der Waals surface area contributed by atoms with Gasteiger partial charge in [-0.05, 0) is 6.92 Å². The molecular formula is C5H7BrO. The molecule has 7 heavy (non-hydrogen) atoms. The predicted molar refractivity (Wildman–Crippen MR) is 33.2 cm³/mol. The van der Waals surface area contributed by atoms with E-state index in [0.717, 1.165) is 0 Å². The van der Waals surface area contributed by atoms with Crippen molar-refractivity contribution in [3.8, 4) is 12.3 Å². The molecule has 2 atom stereocenters. The van der Waals surface area contributed by atoms with Crippen molar-refractivity contribution in [3.63, 3.8) is 0 Å². The van der Waals surface area contributed by atoms with Gasteiger partial charge < -0.3 is 5.11 Å². The maximum absolute atomic E-state index is 8.65. The molecule has 40 valence electrons. The number of aliphatic hydroxyl groups excluding tert-OH is 1. The zero-order valence-electron chi connectivity index (χ0n) is 4.06. The lowest BCUT2D eigenvalue weighted by atomic mass is 10.3. The van der Waals surface area contributed by atoms with Gasteiger partial charge in [0.15, 0.2) is 0 Å². The Bertz CT molecular complexity index is 82.6. The van der Waals surface area contributed by atoms with E-state index in [4.69, 9.17) is 11.5 Å². The quantitative estimate of drug-likeness (QED) is 0.447. The van der Waals surface area contributed by atoms with Crippen LogP contribution in [-0.2, 0) is 0 Å². The molecule has 0 fully saturated rings. The van der Waals surface area contributed by atoms with Crippen LogP contribution >= 0.6 is 15.9 Å². The van der Waals surface area contributed by atoms with Gasteiger partial charge in [-0.25, -0.2) is 0 Å². The lowest BCUT2D eigenvalue weighted by Crippen LogP contribution is -2.13. The largest absolute Gasteiger partial charge is 0.379 e. The van der Waals surface area contributed by atoms with E-state index >= 15 is 0 Å². The van der Waals surface area contributed by atoms with Crippen LogP contribution in [0.4, 0.5) is 0 Å². The van der Waals surface area contributed by atoms with Crippen molar-refractivity contribution in [2.45, 2.75) is 17.9 Å². The van der Waals surface area contributed by atoms with Crippen LogP contribution in [0.1, 0.15) is 6.92 Å². The lowest BCUT2D eigenvalue weighted by molar-refractivity contribution is 0.236. The van der Waals surface area contributed by atoms with E-state index in [2.05, 4.69) is 21.9 Å². The molecule has 0 radical (unpaired) electrons. The van der Waals surface area contributed by atoms with E-state index in [1.54, 1.807) is 6.92 Å². The fourth-order valence-corrected chi connectivity index (χ4v) is 0.285. The molecule has 0 unspecified atom stereocenters. The number of halogens is 1. The summed E-state index contributed by atoms with van der Waals surface area (Å²) in [7, 11) is 0. The average Bonchev–Trinajstić information content (AvgIpc) is 1.65. The minimum absolute atomic E-state index is 0.00231. The molecule has 0 heterocycles. The summed E-state index contributed by atoms with van der Waals surface area (Å²) in [5.41, 5.74) is 0. The summed E-state index contributed by atoms with van der Waals surface area (Å²) in [6.45, 7) is 1.80. The molecule has 0 rings (SSSR count). The van der Waals surface area contributed by atoms with Crippen LogP contribution in [0.5, 0.6) is 0 Å². The molecular weight excluding hydrogens is 156 g/mol. The Morgan fingerprint density at radius 3 is 2.29 bits per heavy atom. The summed E-state index contributed by atoms with van der Waals surface area (Å²) in [6.07, 6.45) is 4.19. The van der Waals surface area contributed by atoms with E-state index in [0.29, 0.717) is 0 Å². The summed E-state index contributed by atoms with van der Waals surface area (Å²) < 4.78 is 0. The summed E-state index contributed by atoms with van der Waals surface area (Å²) in [4.78, 5) is -0.00231. The molecule has 2 heteroatoms. The van der Waals surface area contributed by atoms with Crippen LogP contribution in [0.3, 0.4) is 0 Å². The zero-order valence-corrected chi connectivity index (χ0v) is 5.64. The van der Waals surface area contributed by atoms with Gasteiger partial charge in [-0.3, -0.25) is 0 Å². The van der Waals surface area contributed by atoms with Gasteiger partial charge >= 0.3 is 0 Å². The molecule has 0 aromatic carbocycles. The van der Waals surface area contributed by atoms with Crippen LogP contribution in [0.15, 0.2) is 0 Å². The van der Waals surface area contributed by atoms with Crippen LogP contribution in [0.2, 0.25) is 0 Å². The Hall–Kier alpha value is 0. The smallest absolute Gasteiger partial charge is 0.126 e. The Balaban J connectivity index is 3.40. The maximum atomic E-state index is 8.65. The van der Waals surface area contributed by atoms with Crippen LogP contribution in [-0.4, -0.2) is 16.0 Å². The van der Waals surface area contributed by atoms with Gasteiger partial charge in [0.05, 0.1) is 0 Å². The van der Waals surface area contributed by atoms with Gasteiger partial charge in [0, 0.05) is 4.83 Å². The van der Waals surface area contributed by atoms with Crippen LogP contribution in [0.25, 0.3) is 0 Å². The second-order valence-electron chi connectivity index (χ2n) is 1.29.